The van der Waals surface area contributed by atoms with E-state index in [2.05, 4.69) is 50.7 Å². The molecule has 3 aliphatic rings. The predicted molar refractivity (Wildman–Crippen MR) is 103 cm³/mol. The Bertz CT molecular complexity index is 879. The Morgan fingerprint density at radius 2 is 2.22 bits per heavy atom. The quantitative estimate of drug-likeness (QED) is 0.834. The Hall–Kier alpha value is -2.34. The van der Waals surface area contributed by atoms with Crippen LogP contribution in [-0.4, -0.2) is 53.7 Å². The van der Waals surface area contributed by atoms with Gasteiger partial charge in [-0.3, -0.25) is 4.79 Å². The van der Waals surface area contributed by atoms with E-state index >= 15 is 0 Å². The number of pyridine rings is 1. The molecule has 4 heterocycles. The van der Waals surface area contributed by atoms with Crippen LogP contribution in [0.4, 0.5) is 5.69 Å². The van der Waals surface area contributed by atoms with E-state index < -0.39 is 0 Å². The predicted octanol–water partition coefficient (Wildman–Crippen LogP) is 2.42. The fourth-order valence-corrected chi connectivity index (χ4v) is 4.93. The standard InChI is InChI=1S/C21H26N4O2/c1-15-13-16(15)20(26)23-10-7-21(14-23)18-6-4-9-24(18)19-17(5-3-8-22-19)25(21)11-12-27-2/h3-6,8-9,15-16H,7,10-14H2,1-2H3/t15-,16+,21-/m1/s1. The van der Waals surface area contributed by atoms with Crippen molar-refractivity contribution in [1.82, 2.24) is 14.5 Å². The molecular formula is C21H26N4O2. The van der Waals surface area contributed by atoms with Gasteiger partial charge in [-0.25, -0.2) is 4.98 Å². The second kappa shape index (κ2) is 6.09. The molecule has 1 aliphatic carbocycles. The van der Waals surface area contributed by atoms with E-state index in [1.165, 1.54) is 5.69 Å². The molecule has 1 saturated carbocycles. The topological polar surface area (TPSA) is 50.6 Å². The van der Waals surface area contributed by atoms with Gasteiger partial charge < -0.3 is 19.1 Å². The molecule has 1 saturated heterocycles. The molecule has 3 atom stereocenters. The molecular weight excluding hydrogens is 340 g/mol. The highest BCUT2D eigenvalue weighted by atomic mass is 16.5. The number of carbonyl (C=O) groups excluding carboxylic acids is 1. The highest BCUT2D eigenvalue weighted by Gasteiger charge is 2.52. The van der Waals surface area contributed by atoms with Gasteiger partial charge >= 0.3 is 0 Å². The number of amides is 1. The number of ether oxygens (including phenoxy) is 1. The van der Waals surface area contributed by atoms with Crippen LogP contribution in [0.25, 0.3) is 5.82 Å². The van der Waals surface area contributed by atoms with Gasteiger partial charge in [0.25, 0.3) is 0 Å². The zero-order chi connectivity index (χ0) is 18.6. The number of anilines is 1. The largest absolute Gasteiger partial charge is 0.383 e. The van der Waals surface area contributed by atoms with E-state index in [-0.39, 0.29) is 11.5 Å². The highest BCUT2D eigenvalue weighted by molar-refractivity contribution is 5.82. The van der Waals surface area contributed by atoms with Crippen LogP contribution < -0.4 is 4.90 Å². The fourth-order valence-electron chi connectivity index (χ4n) is 4.93. The van der Waals surface area contributed by atoms with Crippen LogP contribution in [0.3, 0.4) is 0 Å². The summed E-state index contributed by atoms with van der Waals surface area (Å²) >= 11 is 0. The maximum atomic E-state index is 12.9. The van der Waals surface area contributed by atoms with Gasteiger partial charge in [-0.2, -0.15) is 0 Å². The van der Waals surface area contributed by atoms with Crippen molar-refractivity contribution < 1.29 is 9.53 Å². The summed E-state index contributed by atoms with van der Waals surface area (Å²) in [6, 6.07) is 8.40. The van der Waals surface area contributed by atoms with Gasteiger partial charge in [-0.15, -0.1) is 0 Å². The van der Waals surface area contributed by atoms with Crippen molar-refractivity contribution in [3.8, 4) is 5.82 Å². The van der Waals surface area contributed by atoms with Crippen LogP contribution in [0.5, 0.6) is 0 Å². The zero-order valence-electron chi connectivity index (χ0n) is 16.0. The van der Waals surface area contributed by atoms with Crippen LogP contribution in [0.15, 0.2) is 36.7 Å². The number of fused-ring (bicyclic) bond motifs is 4. The Morgan fingerprint density at radius 1 is 1.37 bits per heavy atom. The summed E-state index contributed by atoms with van der Waals surface area (Å²) in [5.41, 5.74) is 2.13. The lowest BCUT2D eigenvalue weighted by molar-refractivity contribution is -0.132. The third-order valence-corrected chi connectivity index (χ3v) is 6.53. The lowest BCUT2D eigenvalue weighted by Gasteiger charge is -2.47. The molecule has 6 heteroatoms. The maximum absolute atomic E-state index is 12.9. The van der Waals surface area contributed by atoms with Crippen LogP contribution in [0.2, 0.25) is 0 Å². The smallest absolute Gasteiger partial charge is 0.226 e. The molecule has 27 heavy (non-hydrogen) atoms. The number of hydrogen-bond acceptors (Lipinski definition) is 4. The normalized spacial score (nSPS) is 28.4. The summed E-state index contributed by atoms with van der Waals surface area (Å²) in [5, 5.41) is 0. The number of aromatic nitrogens is 2. The first kappa shape index (κ1) is 16.8. The molecule has 0 bridgehead atoms. The van der Waals surface area contributed by atoms with E-state index in [0.717, 1.165) is 44.0 Å². The number of likely N-dealkylation sites (tertiary alicyclic amines) is 1. The molecule has 0 unspecified atom stereocenters. The minimum atomic E-state index is -0.216. The molecule has 2 aromatic rings. The SMILES string of the molecule is COCCN1c2cccnc2-n2cccc2[C@]12CCN(C(=O)[C@H]1C[C@H]1C)C2. The minimum absolute atomic E-state index is 0.216. The third kappa shape index (κ3) is 2.42. The summed E-state index contributed by atoms with van der Waals surface area (Å²) in [6.45, 7) is 5.14. The third-order valence-electron chi connectivity index (χ3n) is 6.53. The molecule has 2 aromatic heterocycles. The summed E-state index contributed by atoms with van der Waals surface area (Å²) < 4.78 is 7.62. The first-order valence-corrected chi connectivity index (χ1v) is 9.84. The van der Waals surface area contributed by atoms with Gasteiger partial charge in [-0.05, 0) is 43.0 Å². The van der Waals surface area contributed by atoms with Crippen molar-refractivity contribution in [3.63, 3.8) is 0 Å². The second-order valence-electron chi connectivity index (χ2n) is 8.11. The number of nitrogens with zero attached hydrogens (tertiary/aromatic N) is 4. The average Bonchev–Trinajstić information content (AvgIpc) is 3.09. The van der Waals surface area contributed by atoms with Crippen molar-refractivity contribution in [2.24, 2.45) is 11.8 Å². The van der Waals surface area contributed by atoms with Gasteiger partial charge in [0.05, 0.1) is 18.0 Å². The Balaban J connectivity index is 1.57. The second-order valence-corrected chi connectivity index (χ2v) is 8.11. The molecule has 0 radical (unpaired) electrons. The van der Waals surface area contributed by atoms with Gasteiger partial charge in [0.1, 0.15) is 5.54 Å². The Kier molecular flexibility index (Phi) is 3.79. The number of hydrogen-bond donors (Lipinski definition) is 0. The summed E-state index contributed by atoms with van der Waals surface area (Å²) in [7, 11) is 1.74. The molecule has 5 rings (SSSR count). The molecule has 2 fully saturated rings. The Labute approximate surface area is 159 Å². The average molecular weight is 366 g/mol. The van der Waals surface area contributed by atoms with Crippen molar-refractivity contribution in [3.05, 3.63) is 42.4 Å². The lowest BCUT2D eigenvalue weighted by Crippen LogP contribution is -2.53. The number of carbonyl (C=O) groups is 1. The molecule has 2 aliphatic heterocycles. The summed E-state index contributed by atoms with van der Waals surface area (Å²) in [5.74, 6) is 2.07. The van der Waals surface area contributed by atoms with Crippen LogP contribution >= 0.6 is 0 Å². The monoisotopic (exact) mass is 366 g/mol. The van der Waals surface area contributed by atoms with Crippen molar-refractivity contribution in [2.45, 2.75) is 25.3 Å². The first-order valence-electron chi connectivity index (χ1n) is 9.84. The van der Waals surface area contributed by atoms with Crippen LogP contribution in [0.1, 0.15) is 25.5 Å². The molecule has 1 amide bonds. The van der Waals surface area contributed by atoms with Gasteiger partial charge in [0.15, 0.2) is 5.82 Å². The van der Waals surface area contributed by atoms with Crippen molar-refractivity contribution in [1.29, 1.82) is 0 Å². The molecule has 6 nitrogen and oxygen atoms in total. The van der Waals surface area contributed by atoms with Crippen LogP contribution in [0, 0.1) is 11.8 Å². The van der Waals surface area contributed by atoms with E-state index in [4.69, 9.17) is 4.74 Å². The van der Waals surface area contributed by atoms with Gasteiger partial charge in [-0.1, -0.05) is 6.92 Å². The molecule has 1 spiro atoms. The molecule has 0 aromatic carbocycles. The Morgan fingerprint density at radius 3 is 3.00 bits per heavy atom. The van der Waals surface area contributed by atoms with E-state index in [9.17, 15) is 4.79 Å². The maximum Gasteiger partial charge on any atom is 0.226 e. The van der Waals surface area contributed by atoms with Gasteiger partial charge in [0, 0.05) is 45.1 Å². The highest BCUT2D eigenvalue weighted by Crippen LogP contribution is 2.48. The lowest BCUT2D eigenvalue weighted by atomic mass is 9.89. The zero-order valence-corrected chi connectivity index (χ0v) is 16.0. The number of rotatable bonds is 4. The van der Waals surface area contributed by atoms with Crippen molar-refractivity contribution in [2.75, 3.05) is 38.3 Å². The number of methoxy groups -OCH3 is 1. The summed E-state index contributed by atoms with van der Waals surface area (Å²) in [4.78, 5) is 22.1. The molecule has 142 valence electrons. The van der Waals surface area contributed by atoms with Crippen LogP contribution in [-0.2, 0) is 15.1 Å². The van der Waals surface area contributed by atoms with Gasteiger partial charge in [0.2, 0.25) is 5.91 Å². The first-order chi connectivity index (χ1) is 13.2. The molecule has 0 N–H and O–H groups in total. The van der Waals surface area contributed by atoms with Crippen molar-refractivity contribution >= 4 is 11.6 Å². The minimum Gasteiger partial charge on any atom is -0.383 e. The van der Waals surface area contributed by atoms with E-state index in [1.54, 1.807) is 7.11 Å². The summed E-state index contributed by atoms with van der Waals surface area (Å²) in [6.07, 6.45) is 5.90. The van der Waals surface area contributed by atoms with E-state index in [1.807, 2.05) is 12.3 Å². The van der Waals surface area contributed by atoms with E-state index in [0.29, 0.717) is 18.4 Å². The fraction of sp³-hybridized carbons (Fsp3) is 0.524.